The van der Waals surface area contributed by atoms with Gasteiger partial charge >= 0.3 is 0 Å². The molecule has 1 aliphatic rings. The van der Waals surface area contributed by atoms with Crippen molar-refractivity contribution in [3.8, 4) is 0 Å². The van der Waals surface area contributed by atoms with Crippen molar-refractivity contribution in [3.63, 3.8) is 0 Å². The van der Waals surface area contributed by atoms with Crippen LogP contribution in [0, 0.1) is 5.92 Å². The van der Waals surface area contributed by atoms with Crippen LogP contribution in [0.25, 0.3) is 0 Å². The van der Waals surface area contributed by atoms with E-state index >= 15 is 0 Å². The molecule has 0 bridgehead atoms. The van der Waals surface area contributed by atoms with Gasteiger partial charge in [-0.25, -0.2) is 0 Å². The third kappa shape index (κ3) is 2.17. The van der Waals surface area contributed by atoms with Crippen molar-refractivity contribution >= 4 is 12.6 Å². The summed E-state index contributed by atoms with van der Waals surface area (Å²) in [6.45, 7) is 0. The van der Waals surface area contributed by atoms with E-state index in [0.29, 0.717) is 6.10 Å². The number of rotatable bonds is 2. The lowest BCUT2D eigenvalue weighted by atomic mass is 9.88. The maximum absolute atomic E-state index is 5.29. The zero-order chi connectivity index (χ0) is 7.40. The number of thiol groups is 1. The van der Waals surface area contributed by atoms with Gasteiger partial charge in [-0.2, -0.15) is 12.6 Å². The first-order chi connectivity index (χ1) is 4.86. The topological polar surface area (TPSA) is 9.23 Å². The molecule has 0 aromatic rings. The summed E-state index contributed by atoms with van der Waals surface area (Å²) in [4.78, 5) is 0. The Kier molecular flexibility index (Phi) is 3.57. The molecule has 0 saturated heterocycles. The molecule has 0 N–H and O–H groups in total. The van der Waals surface area contributed by atoms with Crippen LogP contribution in [-0.2, 0) is 4.74 Å². The van der Waals surface area contributed by atoms with Gasteiger partial charge in [0.25, 0.3) is 0 Å². The minimum absolute atomic E-state index is 0.519. The molecule has 1 rings (SSSR count). The largest absolute Gasteiger partial charge is 0.381 e. The Morgan fingerprint density at radius 1 is 1.50 bits per heavy atom. The predicted molar refractivity (Wildman–Crippen MR) is 46.6 cm³/mol. The number of ether oxygens (including phenoxy) is 1. The summed E-state index contributed by atoms with van der Waals surface area (Å²) in [6, 6.07) is 0. The maximum Gasteiger partial charge on any atom is 0.0574 e. The smallest absolute Gasteiger partial charge is 0.0574 e. The lowest BCUT2D eigenvalue weighted by Gasteiger charge is -2.26. The normalized spacial score (nSPS) is 34.2. The zero-order valence-corrected chi connectivity index (χ0v) is 7.44. The van der Waals surface area contributed by atoms with Crippen LogP contribution in [0.5, 0.6) is 0 Å². The third-order valence-electron chi connectivity index (χ3n) is 2.33. The lowest BCUT2D eigenvalue weighted by Crippen LogP contribution is -2.22. The Hall–Kier alpha value is 0.310. The fourth-order valence-corrected chi connectivity index (χ4v) is 1.95. The molecule has 0 spiro atoms. The quantitative estimate of drug-likeness (QED) is 0.609. The van der Waals surface area contributed by atoms with Crippen LogP contribution in [0.4, 0.5) is 0 Å². The molecule has 10 heavy (non-hydrogen) atoms. The van der Waals surface area contributed by atoms with E-state index in [9.17, 15) is 0 Å². The lowest BCUT2D eigenvalue weighted by molar-refractivity contribution is 0.0551. The van der Waals surface area contributed by atoms with Crippen LogP contribution in [0.3, 0.4) is 0 Å². The first kappa shape index (κ1) is 8.41. The van der Waals surface area contributed by atoms with Crippen LogP contribution >= 0.6 is 12.6 Å². The highest BCUT2D eigenvalue weighted by molar-refractivity contribution is 7.80. The van der Waals surface area contributed by atoms with Gasteiger partial charge in [0.15, 0.2) is 0 Å². The van der Waals surface area contributed by atoms with Gasteiger partial charge in [-0.05, 0) is 30.9 Å². The molecular formula is C8H16OS. The fraction of sp³-hybridized carbons (Fsp3) is 1.00. The average molecular weight is 160 g/mol. The standard InChI is InChI=1S/C8H16OS/c1-9-8-4-2-3-7(5-8)6-10/h7-8,10H,2-6H2,1H3. The summed E-state index contributed by atoms with van der Waals surface area (Å²) < 4.78 is 5.29. The second-order valence-electron chi connectivity index (χ2n) is 3.07. The fourth-order valence-electron chi connectivity index (χ4n) is 1.62. The highest BCUT2D eigenvalue weighted by atomic mass is 32.1. The van der Waals surface area contributed by atoms with E-state index in [1.807, 2.05) is 7.11 Å². The molecule has 0 aromatic carbocycles. The summed E-state index contributed by atoms with van der Waals surface area (Å²) >= 11 is 4.29. The predicted octanol–water partition coefficient (Wildman–Crippen LogP) is 2.12. The molecule has 0 heterocycles. The molecule has 2 unspecified atom stereocenters. The SMILES string of the molecule is COC1CCCC(CS)C1. The van der Waals surface area contributed by atoms with E-state index in [2.05, 4.69) is 12.6 Å². The number of hydrogen-bond acceptors (Lipinski definition) is 2. The average Bonchev–Trinajstić information content (AvgIpc) is 2.05. The highest BCUT2D eigenvalue weighted by Crippen LogP contribution is 2.26. The van der Waals surface area contributed by atoms with Crippen molar-refractivity contribution < 1.29 is 4.74 Å². The van der Waals surface area contributed by atoms with Gasteiger partial charge in [0.1, 0.15) is 0 Å². The van der Waals surface area contributed by atoms with E-state index in [4.69, 9.17) is 4.74 Å². The van der Waals surface area contributed by atoms with Crippen LogP contribution in [0.15, 0.2) is 0 Å². The minimum Gasteiger partial charge on any atom is -0.381 e. The molecule has 60 valence electrons. The number of hydrogen-bond donors (Lipinski definition) is 1. The van der Waals surface area contributed by atoms with Gasteiger partial charge in [0, 0.05) is 7.11 Å². The summed E-state index contributed by atoms with van der Waals surface area (Å²) in [7, 11) is 1.81. The van der Waals surface area contributed by atoms with E-state index in [1.165, 1.54) is 25.7 Å². The molecule has 1 fully saturated rings. The van der Waals surface area contributed by atoms with Gasteiger partial charge in [0.2, 0.25) is 0 Å². The van der Waals surface area contributed by atoms with Gasteiger partial charge in [0.05, 0.1) is 6.10 Å². The summed E-state index contributed by atoms with van der Waals surface area (Å²) in [5, 5.41) is 0. The Bertz CT molecular complexity index is 85.3. The van der Waals surface area contributed by atoms with Crippen LogP contribution in [-0.4, -0.2) is 19.0 Å². The monoisotopic (exact) mass is 160 g/mol. The first-order valence-electron chi connectivity index (χ1n) is 4.00. The molecule has 0 aromatic heterocycles. The van der Waals surface area contributed by atoms with Gasteiger partial charge in [-0.3, -0.25) is 0 Å². The maximum atomic E-state index is 5.29. The number of methoxy groups -OCH3 is 1. The van der Waals surface area contributed by atoms with E-state index in [1.54, 1.807) is 0 Å². The Morgan fingerprint density at radius 3 is 2.90 bits per heavy atom. The Labute approximate surface area is 68.6 Å². The summed E-state index contributed by atoms with van der Waals surface area (Å²) in [5.41, 5.74) is 0. The summed E-state index contributed by atoms with van der Waals surface area (Å²) in [6.07, 6.45) is 5.67. The molecular weight excluding hydrogens is 144 g/mol. The Morgan fingerprint density at radius 2 is 2.30 bits per heavy atom. The van der Waals surface area contributed by atoms with Crippen molar-refractivity contribution in [1.82, 2.24) is 0 Å². The Balaban J connectivity index is 2.25. The molecule has 0 aliphatic heterocycles. The van der Waals surface area contributed by atoms with Crippen molar-refractivity contribution in [1.29, 1.82) is 0 Å². The van der Waals surface area contributed by atoms with Gasteiger partial charge < -0.3 is 4.74 Å². The molecule has 2 atom stereocenters. The minimum atomic E-state index is 0.519. The van der Waals surface area contributed by atoms with Crippen LogP contribution in [0.2, 0.25) is 0 Å². The van der Waals surface area contributed by atoms with Crippen molar-refractivity contribution in [2.45, 2.75) is 31.8 Å². The molecule has 1 aliphatic carbocycles. The van der Waals surface area contributed by atoms with Crippen molar-refractivity contribution in [2.24, 2.45) is 5.92 Å². The second-order valence-corrected chi connectivity index (χ2v) is 3.44. The second kappa shape index (κ2) is 4.24. The van der Waals surface area contributed by atoms with E-state index < -0.39 is 0 Å². The van der Waals surface area contributed by atoms with Gasteiger partial charge in [-0.1, -0.05) is 6.42 Å². The van der Waals surface area contributed by atoms with E-state index in [-0.39, 0.29) is 0 Å². The third-order valence-corrected chi connectivity index (χ3v) is 2.84. The van der Waals surface area contributed by atoms with Crippen LogP contribution < -0.4 is 0 Å². The molecule has 0 radical (unpaired) electrons. The van der Waals surface area contributed by atoms with Crippen molar-refractivity contribution in [2.75, 3.05) is 12.9 Å². The molecule has 1 saturated carbocycles. The van der Waals surface area contributed by atoms with E-state index in [0.717, 1.165) is 11.7 Å². The zero-order valence-electron chi connectivity index (χ0n) is 6.55. The van der Waals surface area contributed by atoms with Crippen LogP contribution in [0.1, 0.15) is 25.7 Å². The molecule has 2 heteroatoms. The summed E-state index contributed by atoms with van der Waals surface area (Å²) in [5.74, 6) is 1.84. The molecule has 0 amide bonds. The highest BCUT2D eigenvalue weighted by Gasteiger charge is 2.19. The first-order valence-corrected chi connectivity index (χ1v) is 4.63. The van der Waals surface area contributed by atoms with Gasteiger partial charge in [-0.15, -0.1) is 0 Å². The van der Waals surface area contributed by atoms with Crippen molar-refractivity contribution in [3.05, 3.63) is 0 Å². The molecule has 1 nitrogen and oxygen atoms in total.